The molecule has 14 heteroatoms. The molecule has 0 saturated heterocycles. The smallest absolute Gasteiger partial charge is 0.253 e. The average Bonchev–Trinajstić information content (AvgIpc) is 2.68. The summed E-state index contributed by atoms with van der Waals surface area (Å²) in [4.78, 5) is 11.8. The maximum absolute atomic E-state index is 4.84. The van der Waals surface area contributed by atoms with Crippen molar-refractivity contribution in [2.24, 2.45) is 0 Å². The van der Waals surface area contributed by atoms with Gasteiger partial charge in [0, 0.05) is 5.69 Å². The normalized spacial score (nSPS) is 13.2. The highest BCUT2D eigenvalue weighted by Crippen LogP contribution is 2.26. The highest BCUT2D eigenvalue weighted by Gasteiger charge is 2.36. The second kappa shape index (κ2) is 5.74. The monoisotopic (exact) mass is 313 g/mol. The first kappa shape index (κ1) is 19.3. The van der Waals surface area contributed by atoms with Crippen molar-refractivity contribution in [2.75, 3.05) is 4.90 Å². The maximum atomic E-state index is 4.84. The van der Waals surface area contributed by atoms with Gasteiger partial charge in [0.15, 0.2) is 7.85 Å². The molecular formula is C10H24B9N5. The lowest BCUT2D eigenvalue weighted by Gasteiger charge is -2.49. The summed E-state index contributed by atoms with van der Waals surface area (Å²) in [6.45, 7) is 4.48. The van der Waals surface area contributed by atoms with Crippen molar-refractivity contribution in [3.63, 3.8) is 0 Å². The molecule has 0 saturated carbocycles. The molecule has 0 N–H and O–H groups in total. The number of hydrogen-bond acceptors (Lipinski definition) is 4. The van der Waals surface area contributed by atoms with E-state index in [0.717, 1.165) is 17.2 Å². The Kier molecular flexibility index (Phi) is 4.60. The Morgan fingerprint density at radius 2 is 1.38 bits per heavy atom. The predicted octanol–water partition coefficient (Wildman–Crippen LogP) is -9.66. The van der Waals surface area contributed by atoms with Crippen LogP contribution in [0.15, 0.2) is 0 Å². The van der Waals surface area contributed by atoms with Crippen LogP contribution in [0.2, 0.25) is 0 Å². The number of rotatable bonds is 4. The van der Waals surface area contributed by atoms with Crippen molar-refractivity contribution < 1.29 is 0 Å². The van der Waals surface area contributed by atoms with Crippen molar-refractivity contribution in [2.45, 2.75) is 29.6 Å². The molecule has 0 atom stereocenters. The summed E-state index contributed by atoms with van der Waals surface area (Å²) in [7, 11) is 19.6. The fourth-order valence-electron chi connectivity index (χ4n) is 3.70. The lowest BCUT2D eigenvalue weighted by molar-refractivity contribution is 0.652. The van der Waals surface area contributed by atoms with E-state index in [1.54, 1.807) is 0 Å². The van der Waals surface area contributed by atoms with Crippen molar-refractivity contribution in [1.82, 2.24) is 19.6 Å². The number of aromatic nitrogens is 4. The summed E-state index contributed by atoms with van der Waals surface area (Å²) in [5.41, 5.74) is 3.00. The zero-order valence-corrected chi connectivity index (χ0v) is 17.2. The van der Waals surface area contributed by atoms with Gasteiger partial charge in [-0.3, -0.25) is 0 Å². The summed E-state index contributed by atoms with van der Waals surface area (Å²) < 4.78 is 1.91. The van der Waals surface area contributed by atoms with Gasteiger partial charge in [-0.2, -0.15) is 9.61 Å². The van der Waals surface area contributed by atoms with E-state index in [-0.39, 0.29) is 15.8 Å². The second-order valence-electron chi connectivity index (χ2n) is 9.71. The topological polar surface area (TPSA) is 46.3 Å². The largest absolute Gasteiger partial charge is 0.378 e. The zero-order valence-electron chi connectivity index (χ0n) is 17.2. The molecule has 0 aliphatic rings. The highest BCUT2D eigenvalue weighted by atomic mass is 15.4. The van der Waals surface area contributed by atoms with Crippen molar-refractivity contribution in [3.05, 3.63) is 5.69 Å². The highest BCUT2D eigenvalue weighted by molar-refractivity contribution is 6.60. The van der Waals surface area contributed by atoms with Crippen LogP contribution in [-0.4, -0.2) is 101 Å². The molecule has 5 nitrogen and oxygen atoms in total. The van der Waals surface area contributed by atoms with E-state index in [1.807, 2.05) is 12.4 Å². The Balaban J connectivity index is 2.97. The number of fused-ring (bicyclic) bond motifs is 1. The van der Waals surface area contributed by atoms with Crippen LogP contribution in [-0.2, 0) is 5.11 Å². The predicted molar refractivity (Wildman–Crippen MR) is 128 cm³/mol. The van der Waals surface area contributed by atoms with Crippen molar-refractivity contribution >= 4 is 93.4 Å². The molecule has 0 aliphatic carbocycles. The second-order valence-corrected chi connectivity index (χ2v) is 9.71. The third-order valence-electron chi connectivity index (χ3n) is 4.06. The number of hydrogen-bond donors (Lipinski definition) is 0. The zero-order chi connectivity index (χ0) is 18.7. The lowest BCUT2D eigenvalue weighted by atomic mass is 9.40. The Labute approximate surface area is 153 Å². The van der Waals surface area contributed by atoms with Gasteiger partial charge in [0.25, 0.3) is 5.78 Å². The van der Waals surface area contributed by atoms with Crippen LogP contribution >= 0.6 is 0 Å². The van der Waals surface area contributed by atoms with E-state index in [4.69, 9.17) is 4.98 Å². The Morgan fingerprint density at radius 3 is 1.79 bits per heavy atom. The summed E-state index contributed by atoms with van der Waals surface area (Å²) in [5.74, 6) is 1.77. The third kappa shape index (κ3) is 3.47. The lowest BCUT2D eigenvalue weighted by Crippen LogP contribution is -2.63. The van der Waals surface area contributed by atoms with E-state index in [2.05, 4.69) is 91.6 Å². The summed E-state index contributed by atoms with van der Waals surface area (Å²) in [6, 6.07) is 0. The van der Waals surface area contributed by atoms with Crippen molar-refractivity contribution in [1.29, 1.82) is 0 Å². The Hall–Kier alpha value is -1.07. The van der Waals surface area contributed by atoms with Gasteiger partial charge in [-0.1, -0.05) is 19.0 Å². The van der Waals surface area contributed by atoms with Gasteiger partial charge in [0.05, 0.1) is 23.5 Å². The molecule has 0 spiro atoms. The number of anilines is 1. The third-order valence-corrected chi connectivity index (χ3v) is 4.06. The van der Waals surface area contributed by atoms with Crippen molar-refractivity contribution in [3.8, 4) is 0 Å². The molecule has 0 fully saturated rings. The number of nitrogens with zero attached hydrogens (tertiary/aromatic N) is 5. The van der Waals surface area contributed by atoms with Crippen LogP contribution in [0, 0.1) is 0 Å². The van der Waals surface area contributed by atoms with Gasteiger partial charge < -0.3 is 4.90 Å². The Morgan fingerprint density at radius 1 is 0.875 bits per heavy atom. The molecule has 0 radical (unpaired) electrons. The molecule has 24 heavy (non-hydrogen) atoms. The molecular weight excluding hydrogens is 287 g/mol. The van der Waals surface area contributed by atoms with E-state index < -0.39 is 0 Å². The SMILES string of the molecule is Bc1nc2nc(C(B)(B)B)c(B)c(N(C(B)(B)C)C(B)(B)C)n2n1. The van der Waals surface area contributed by atoms with E-state index >= 15 is 0 Å². The summed E-state index contributed by atoms with van der Waals surface area (Å²) in [5, 5.41) is 4.47. The van der Waals surface area contributed by atoms with Crippen LogP contribution < -0.4 is 16.1 Å². The molecule has 0 amide bonds. The van der Waals surface area contributed by atoms with Gasteiger partial charge in [0.2, 0.25) is 0 Å². The van der Waals surface area contributed by atoms with Crippen LogP contribution in [0.3, 0.4) is 0 Å². The first-order valence-electron chi connectivity index (χ1n) is 8.69. The van der Waals surface area contributed by atoms with E-state index in [9.17, 15) is 0 Å². The van der Waals surface area contributed by atoms with Gasteiger partial charge >= 0.3 is 0 Å². The molecule has 2 rings (SSSR count). The van der Waals surface area contributed by atoms with Crippen LogP contribution in [0.25, 0.3) is 5.78 Å². The molecule has 0 aromatic carbocycles. The van der Waals surface area contributed by atoms with Gasteiger partial charge in [-0.05, 0) is 16.1 Å². The summed E-state index contributed by atoms with van der Waals surface area (Å²) in [6.07, 6.45) is 0. The molecule has 2 heterocycles. The minimum atomic E-state index is -0.0632. The first-order chi connectivity index (χ1) is 10.6. The molecule has 2 aromatic rings. The molecule has 116 valence electrons. The van der Waals surface area contributed by atoms with E-state index in [1.165, 1.54) is 5.46 Å². The van der Waals surface area contributed by atoms with Gasteiger partial charge in [0.1, 0.15) is 50.8 Å². The maximum Gasteiger partial charge on any atom is 0.253 e. The standard InChI is InChI=1S/C10H24B9N5/c1-8(13,14)24(9(2,15)16)5-3(11)4(10(17,18)19)20-7-21-6(12)22-23(5)7/h11-19H2,1-2H3. The van der Waals surface area contributed by atoms with Gasteiger partial charge in [-0.15, -0.1) is 0 Å². The van der Waals surface area contributed by atoms with E-state index in [0.29, 0.717) is 5.78 Å². The van der Waals surface area contributed by atoms with Gasteiger partial charge in [-0.25, -0.2) is 9.97 Å². The fourth-order valence-corrected chi connectivity index (χ4v) is 3.70. The van der Waals surface area contributed by atoms with Crippen LogP contribution in [0.5, 0.6) is 0 Å². The first-order valence-corrected chi connectivity index (χ1v) is 8.69. The van der Waals surface area contributed by atoms with Crippen LogP contribution in [0.4, 0.5) is 5.82 Å². The van der Waals surface area contributed by atoms with Crippen LogP contribution in [0.1, 0.15) is 19.5 Å². The minimum Gasteiger partial charge on any atom is -0.378 e. The molecule has 0 bridgehead atoms. The molecule has 0 unspecified atom stereocenters. The Bertz CT molecular complexity index is 756. The minimum absolute atomic E-state index is 0.0537. The molecule has 2 aromatic heterocycles. The average molecular weight is 312 g/mol. The molecule has 0 aliphatic heterocycles. The summed E-state index contributed by atoms with van der Waals surface area (Å²) >= 11 is 0. The fraction of sp³-hybridized carbons (Fsp3) is 0.500. The quantitative estimate of drug-likeness (QED) is 0.526.